The van der Waals surface area contributed by atoms with Crippen LogP contribution < -0.4 is 4.90 Å². The van der Waals surface area contributed by atoms with Crippen molar-refractivity contribution in [2.45, 2.75) is 4.90 Å². The van der Waals surface area contributed by atoms with Crippen LogP contribution in [0.3, 0.4) is 0 Å². The highest BCUT2D eigenvalue weighted by Crippen LogP contribution is 2.31. The first-order valence-electron chi connectivity index (χ1n) is 9.79. The van der Waals surface area contributed by atoms with E-state index in [1.165, 1.54) is 17.6 Å². The maximum Gasteiger partial charge on any atom is 0.260 e. The number of benzene rings is 2. The van der Waals surface area contributed by atoms with Gasteiger partial charge in [0.15, 0.2) is 15.0 Å². The van der Waals surface area contributed by atoms with Gasteiger partial charge in [-0.25, -0.2) is 13.4 Å². The molecule has 0 aliphatic carbocycles. The molecule has 4 rings (SSSR count). The summed E-state index contributed by atoms with van der Waals surface area (Å²) < 4.78 is 29.9. The standard InChI is InChI=1S/C21H22ClN3O4S2.ClH/c1-31(27,28)17-6-7-18-19(14-17)30-21(23-18)25(9-8-24-10-12-29-13-11-24)20(26)15-2-4-16(22)5-3-15;/h2-7,14H,8-13H2,1H3;1H. The second-order valence-electron chi connectivity index (χ2n) is 7.32. The number of nitrogens with zero attached hydrogens (tertiary/aromatic N) is 3. The number of hydrogen-bond acceptors (Lipinski definition) is 7. The first kappa shape index (κ1) is 24.9. The van der Waals surface area contributed by atoms with Gasteiger partial charge in [-0.1, -0.05) is 22.9 Å². The molecule has 0 bridgehead atoms. The topological polar surface area (TPSA) is 79.8 Å². The van der Waals surface area contributed by atoms with Crippen LogP contribution in [0.2, 0.25) is 5.02 Å². The third kappa shape index (κ3) is 5.78. The van der Waals surface area contributed by atoms with Crippen molar-refractivity contribution in [3.63, 3.8) is 0 Å². The number of carbonyl (C=O) groups is 1. The number of amides is 1. The lowest BCUT2D eigenvalue weighted by atomic mass is 10.2. The second-order valence-corrected chi connectivity index (χ2v) is 10.8. The first-order valence-corrected chi connectivity index (χ1v) is 12.9. The van der Waals surface area contributed by atoms with Gasteiger partial charge in [0.25, 0.3) is 5.91 Å². The molecule has 172 valence electrons. The number of halogens is 2. The van der Waals surface area contributed by atoms with Gasteiger partial charge >= 0.3 is 0 Å². The van der Waals surface area contributed by atoms with Crippen molar-refractivity contribution in [3.8, 4) is 0 Å². The number of thiazole rings is 1. The highest BCUT2D eigenvalue weighted by atomic mass is 35.5. The summed E-state index contributed by atoms with van der Waals surface area (Å²) in [4.78, 5) is 22.1. The molecule has 0 saturated carbocycles. The van der Waals surface area contributed by atoms with Crippen LogP contribution in [0.4, 0.5) is 5.13 Å². The van der Waals surface area contributed by atoms with E-state index in [1.54, 1.807) is 47.4 Å². The molecule has 0 unspecified atom stereocenters. The maximum atomic E-state index is 13.3. The third-order valence-electron chi connectivity index (χ3n) is 5.09. The average molecular weight is 516 g/mol. The Labute approximate surface area is 202 Å². The van der Waals surface area contributed by atoms with E-state index < -0.39 is 9.84 Å². The Hall–Kier alpha value is -1.75. The Morgan fingerprint density at radius 1 is 1.19 bits per heavy atom. The Kier molecular flexibility index (Phi) is 8.13. The van der Waals surface area contributed by atoms with E-state index in [4.69, 9.17) is 16.3 Å². The summed E-state index contributed by atoms with van der Waals surface area (Å²) >= 11 is 7.29. The average Bonchev–Trinajstić information content (AvgIpc) is 3.17. The van der Waals surface area contributed by atoms with Crippen LogP contribution >= 0.6 is 35.3 Å². The first-order chi connectivity index (χ1) is 14.8. The fourth-order valence-electron chi connectivity index (χ4n) is 3.34. The van der Waals surface area contributed by atoms with Crippen LogP contribution in [0.1, 0.15) is 10.4 Å². The summed E-state index contributed by atoms with van der Waals surface area (Å²) in [5, 5.41) is 1.10. The van der Waals surface area contributed by atoms with E-state index in [9.17, 15) is 13.2 Å². The normalized spacial score (nSPS) is 14.8. The summed E-state index contributed by atoms with van der Waals surface area (Å²) in [6.07, 6.45) is 1.18. The molecule has 7 nitrogen and oxygen atoms in total. The van der Waals surface area contributed by atoms with Crippen LogP contribution in [-0.2, 0) is 14.6 Å². The number of ether oxygens (including phenoxy) is 1. The zero-order valence-electron chi connectivity index (χ0n) is 17.4. The minimum atomic E-state index is -3.33. The number of aromatic nitrogens is 1. The SMILES string of the molecule is CS(=O)(=O)c1ccc2nc(N(CCN3CCOCC3)C(=O)c3ccc(Cl)cc3)sc2c1.Cl. The van der Waals surface area contributed by atoms with E-state index in [1.807, 2.05) is 0 Å². The Morgan fingerprint density at radius 2 is 1.88 bits per heavy atom. The number of anilines is 1. The number of fused-ring (bicyclic) bond motifs is 1. The van der Waals surface area contributed by atoms with Crippen molar-refractivity contribution in [3.05, 3.63) is 53.1 Å². The lowest BCUT2D eigenvalue weighted by Gasteiger charge is -2.29. The van der Waals surface area contributed by atoms with E-state index in [-0.39, 0.29) is 23.2 Å². The summed E-state index contributed by atoms with van der Waals surface area (Å²) in [5.74, 6) is -0.174. The smallest absolute Gasteiger partial charge is 0.260 e. The molecule has 0 radical (unpaired) electrons. The zero-order valence-corrected chi connectivity index (χ0v) is 20.6. The van der Waals surface area contributed by atoms with Gasteiger partial charge in [-0.05, 0) is 42.5 Å². The summed E-state index contributed by atoms with van der Waals surface area (Å²) in [5.41, 5.74) is 1.18. The molecule has 0 atom stereocenters. The Balaban J connectivity index is 0.00000289. The Morgan fingerprint density at radius 3 is 2.53 bits per heavy atom. The van der Waals surface area contributed by atoms with Crippen LogP contribution in [-0.4, -0.2) is 69.9 Å². The van der Waals surface area contributed by atoms with Gasteiger partial charge in [0.1, 0.15) is 0 Å². The van der Waals surface area contributed by atoms with Gasteiger partial charge in [0, 0.05) is 43.0 Å². The van der Waals surface area contributed by atoms with Gasteiger partial charge < -0.3 is 4.74 Å². The van der Waals surface area contributed by atoms with Crippen molar-refractivity contribution in [2.24, 2.45) is 0 Å². The molecule has 1 saturated heterocycles. The van der Waals surface area contributed by atoms with Gasteiger partial charge in [0.05, 0.1) is 28.3 Å². The number of morpholine rings is 1. The van der Waals surface area contributed by atoms with E-state index in [0.29, 0.717) is 47.5 Å². The van der Waals surface area contributed by atoms with Gasteiger partial charge in [-0.15, -0.1) is 12.4 Å². The molecule has 2 heterocycles. The van der Waals surface area contributed by atoms with Gasteiger partial charge in [0.2, 0.25) is 0 Å². The molecule has 1 aromatic heterocycles. The van der Waals surface area contributed by atoms with Gasteiger partial charge in [-0.2, -0.15) is 0 Å². The summed E-state index contributed by atoms with van der Waals surface area (Å²) in [6.45, 7) is 4.15. The minimum absolute atomic E-state index is 0. The quantitative estimate of drug-likeness (QED) is 0.497. The van der Waals surface area contributed by atoms with Crippen LogP contribution in [0.25, 0.3) is 10.2 Å². The molecule has 11 heteroatoms. The fraction of sp³-hybridized carbons (Fsp3) is 0.333. The second kappa shape index (κ2) is 10.5. The van der Waals surface area contributed by atoms with E-state index in [0.717, 1.165) is 17.8 Å². The number of rotatable bonds is 6. The molecule has 0 N–H and O–H groups in total. The number of sulfone groups is 1. The van der Waals surface area contributed by atoms with Crippen molar-refractivity contribution in [1.82, 2.24) is 9.88 Å². The molecule has 1 aliphatic heterocycles. The molecule has 1 amide bonds. The van der Waals surface area contributed by atoms with E-state index >= 15 is 0 Å². The Bertz CT molecular complexity index is 1190. The predicted octanol–water partition coefficient (Wildman–Crippen LogP) is 3.75. The van der Waals surface area contributed by atoms with Crippen molar-refractivity contribution in [2.75, 3.05) is 50.5 Å². The lowest BCUT2D eigenvalue weighted by Crippen LogP contribution is -2.43. The van der Waals surface area contributed by atoms with E-state index in [2.05, 4.69) is 9.88 Å². The van der Waals surface area contributed by atoms with Crippen LogP contribution in [0.5, 0.6) is 0 Å². The lowest BCUT2D eigenvalue weighted by molar-refractivity contribution is 0.0391. The highest BCUT2D eigenvalue weighted by Gasteiger charge is 2.23. The van der Waals surface area contributed by atoms with Gasteiger partial charge in [-0.3, -0.25) is 14.6 Å². The molecule has 2 aromatic carbocycles. The van der Waals surface area contributed by atoms with Crippen molar-refractivity contribution >= 4 is 66.4 Å². The number of hydrogen-bond donors (Lipinski definition) is 0. The zero-order chi connectivity index (χ0) is 22.0. The molecule has 0 spiro atoms. The number of carbonyl (C=O) groups excluding carboxylic acids is 1. The monoisotopic (exact) mass is 515 g/mol. The van der Waals surface area contributed by atoms with Crippen LogP contribution in [0, 0.1) is 0 Å². The predicted molar refractivity (Wildman–Crippen MR) is 130 cm³/mol. The van der Waals surface area contributed by atoms with Crippen molar-refractivity contribution in [1.29, 1.82) is 0 Å². The molecular formula is C21H23Cl2N3O4S2. The third-order valence-corrected chi connectivity index (χ3v) is 7.49. The molecule has 3 aromatic rings. The summed E-state index contributed by atoms with van der Waals surface area (Å²) in [6, 6.07) is 11.6. The summed E-state index contributed by atoms with van der Waals surface area (Å²) in [7, 11) is -3.33. The maximum absolute atomic E-state index is 13.3. The molecule has 1 aliphatic rings. The van der Waals surface area contributed by atoms with Crippen molar-refractivity contribution < 1.29 is 17.9 Å². The fourth-order valence-corrected chi connectivity index (χ4v) is 5.21. The molecular weight excluding hydrogens is 493 g/mol. The molecule has 1 fully saturated rings. The minimum Gasteiger partial charge on any atom is -0.379 e. The largest absolute Gasteiger partial charge is 0.379 e. The highest BCUT2D eigenvalue weighted by molar-refractivity contribution is 7.90. The van der Waals surface area contributed by atoms with Crippen LogP contribution in [0.15, 0.2) is 47.4 Å². The molecule has 32 heavy (non-hydrogen) atoms.